The molecule has 0 spiro atoms. The van der Waals surface area contributed by atoms with Crippen LogP contribution in [-0.2, 0) is 0 Å². The van der Waals surface area contributed by atoms with Crippen LogP contribution in [0.5, 0.6) is 5.75 Å². The van der Waals surface area contributed by atoms with E-state index in [1.807, 2.05) is 12.1 Å². The van der Waals surface area contributed by atoms with Crippen molar-refractivity contribution in [2.45, 2.75) is 26.3 Å². The van der Waals surface area contributed by atoms with Gasteiger partial charge in [-0.05, 0) is 50.0 Å². The minimum Gasteiger partial charge on any atom is -0.492 e. The molecule has 1 aliphatic rings. The summed E-state index contributed by atoms with van der Waals surface area (Å²) in [5.74, 6) is 1.51. The molecule has 1 aliphatic heterocycles. The highest BCUT2D eigenvalue weighted by molar-refractivity contribution is 5.27. The molecule has 2 unspecified atom stereocenters. The van der Waals surface area contributed by atoms with Gasteiger partial charge in [-0.1, -0.05) is 19.1 Å². The lowest BCUT2D eigenvalue weighted by Crippen LogP contribution is -2.37. The van der Waals surface area contributed by atoms with Crippen LogP contribution in [0.15, 0.2) is 24.3 Å². The van der Waals surface area contributed by atoms with Crippen LogP contribution < -0.4 is 10.5 Å². The van der Waals surface area contributed by atoms with Crippen LogP contribution in [0.25, 0.3) is 0 Å². The first-order valence-corrected chi connectivity index (χ1v) is 6.86. The van der Waals surface area contributed by atoms with E-state index in [9.17, 15) is 0 Å². The third-order valence-electron chi connectivity index (χ3n) is 3.79. The predicted octanol–water partition coefficient (Wildman–Crippen LogP) is 2.04. The molecule has 1 saturated heterocycles. The lowest BCUT2D eigenvalue weighted by Gasteiger charge is -2.20. The van der Waals surface area contributed by atoms with Crippen LogP contribution >= 0.6 is 0 Å². The highest BCUT2D eigenvalue weighted by Gasteiger charge is 2.26. The highest BCUT2D eigenvalue weighted by Crippen LogP contribution is 2.19. The zero-order valence-corrected chi connectivity index (χ0v) is 11.4. The zero-order chi connectivity index (χ0) is 13.0. The van der Waals surface area contributed by atoms with Gasteiger partial charge in [-0.2, -0.15) is 0 Å². The van der Waals surface area contributed by atoms with E-state index in [4.69, 9.17) is 10.5 Å². The van der Waals surface area contributed by atoms with Gasteiger partial charge in [-0.25, -0.2) is 0 Å². The number of benzene rings is 1. The van der Waals surface area contributed by atoms with Crippen molar-refractivity contribution in [1.82, 2.24) is 4.90 Å². The Kier molecular flexibility index (Phi) is 4.61. The van der Waals surface area contributed by atoms with Gasteiger partial charge in [0.05, 0.1) is 0 Å². The Morgan fingerprint density at radius 3 is 3.00 bits per heavy atom. The molecule has 100 valence electrons. The molecule has 1 aromatic carbocycles. The Morgan fingerprint density at radius 1 is 1.50 bits per heavy atom. The molecule has 0 radical (unpaired) electrons. The van der Waals surface area contributed by atoms with Gasteiger partial charge in [0.2, 0.25) is 0 Å². The Morgan fingerprint density at radius 2 is 2.33 bits per heavy atom. The summed E-state index contributed by atoms with van der Waals surface area (Å²) in [5, 5.41) is 0. The average Bonchev–Trinajstić information content (AvgIpc) is 2.85. The summed E-state index contributed by atoms with van der Waals surface area (Å²) in [4.78, 5) is 2.46. The molecule has 2 N–H and O–H groups in total. The van der Waals surface area contributed by atoms with Crippen LogP contribution in [0.4, 0.5) is 0 Å². The molecule has 0 aliphatic carbocycles. The Labute approximate surface area is 110 Å². The second kappa shape index (κ2) is 6.21. The summed E-state index contributed by atoms with van der Waals surface area (Å²) in [6.07, 6.45) is 1.20. The normalized spacial score (nSPS) is 22.1. The standard InChI is InChI=1S/C15H24N2O/c1-3-17-8-7-13(10-17)15(16)11-18-14-6-4-5-12(2)9-14/h4-6,9,13,15H,3,7-8,10-11,16H2,1-2H3. The van der Waals surface area contributed by atoms with E-state index in [1.54, 1.807) is 0 Å². The number of hydrogen-bond donors (Lipinski definition) is 1. The topological polar surface area (TPSA) is 38.5 Å². The Hall–Kier alpha value is -1.06. The maximum absolute atomic E-state index is 6.23. The van der Waals surface area contributed by atoms with Crippen molar-refractivity contribution >= 4 is 0 Å². The van der Waals surface area contributed by atoms with E-state index in [0.29, 0.717) is 12.5 Å². The summed E-state index contributed by atoms with van der Waals surface area (Å²) in [6.45, 7) is 8.32. The third kappa shape index (κ3) is 3.47. The molecular weight excluding hydrogens is 224 g/mol. The fourth-order valence-corrected chi connectivity index (χ4v) is 2.53. The summed E-state index contributed by atoms with van der Waals surface area (Å²) < 4.78 is 5.79. The first-order valence-electron chi connectivity index (χ1n) is 6.86. The van der Waals surface area contributed by atoms with E-state index in [1.165, 1.54) is 18.5 Å². The van der Waals surface area contributed by atoms with Gasteiger partial charge in [0.25, 0.3) is 0 Å². The van der Waals surface area contributed by atoms with Crippen LogP contribution in [0.1, 0.15) is 18.9 Å². The minimum absolute atomic E-state index is 0.141. The quantitative estimate of drug-likeness (QED) is 0.866. The second-order valence-corrected chi connectivity index (χ2v) is 5.23. The summed E-state index contributed by atoms with van der Waals surface area (Å²) >= 11 is 0. The van der Waals surface area contributed by atoms with E-state index in [0.717, 1.165) is 18.8 Å². The molecule has 3 nitrogen and oxygen atoms in total. The predicted molar refractivity (Wildman–Crippen MR) is 74.9 cm³/mol. The molecule has 0 amide bonds. The third-order valence-corrected chi connectivity index (χ3v) is 3.79. The maximum Gasteiger partial charge on any atom is 0.119 e. The number of rotatable bonds is 5. The van der Waals surface area contributed by atoms with E-state index >= 15 is 0 Å². The molecule has 2 rings (SSSR count). The molecule has 1 fully saturated rings. The number of nitrogens with two attached hydrogens (primary N) is 1. The highest BCUT2D eigenvalue weighted by atomic mass is 16.5. The van der Waals surface area contributed by atoms with Crippen LogP contribution in [0, 0.1) is 12.8 Å². The fraction of sp³-hybridized carbons (Fsp3) is 0.600. The van der Waals surface area contributed by atoms with Gasteiger partial charge in [0.1, 0.15) is 12.4 Å². The number of likely N-dealkylation sites (tertiary alicyclic amines) is 1. The van der Waals surface area contributed by atoms with Crippen molar-refractivity contribution in [2.24, 2.45) is 11.7 Å². The maximum atomic E-state index is 6.23. The van der Waals surface area contributed by atoms with Crippen molar-refractivity contribution in [3.05, 3.63) is 29.8 Å². The van der Waals surface area contributed by atoms with Crippen molar-refractivity contribution in [3.8, 4) is 5.75 Å². The first-order chi connectivity index (χ1) is 8.69. The van der Waals surface area contributed by atoms with Crippen LogP contribution in [0.2, 0.25) is 0 Å². The SMILES string of the molecule is CCN1CCC(C(N)COc2cccc(C)c2)C1. The summed E-state index contributed by atoms with van der Waals surface area (Å²) in [5.41, 5.74) is 7.45. The van der Waals surface area contributed by atoms with E-state index < -0.39 is 0 Å². The number of hydrogen-bond acceptors (Lipinski definition) is 3. The molecule has 2 atom stereocenters. The van der Waals surface area contributed by atoms with Gasteiger partial charge in [0.15, 0.2) is 0 Å². The number of ether oxygens (including phenoxy) is 1. The number of aryl methyl sites for hydroxylation is 1. The monoisotopic (exact) mass is 248 g/mol. The van der Waals surface area contributed by atoms with Crippen molar-refractivity contribution in [3.63, 3.8) is 0 Å². The lowest BCUT2D eigenvalue weighted by atomic mass is 10.0. The first kappa shape index (κ1) is 13.4. The smallest absolute Gasteiger partial charge is 0.119 e. The second-order valence-electron chi connectivity index (χ2n) is 5.23. The molecule has 3 heteroatoms. The van der Waals surface area contributed by atoms with Crippen molar-refractivity contribution in [2.75, 3.05) is 26.2 Å². The molecule has 1 aromatic rings. The molecular formula is C15H24N2O. The summed E-state index contributed by atoms with van der Waals surface area (Å²) in [7, 11) is 0. The lowest BCUT2D eigenvalue weighted by molar-refractivity contribution is 0.241. The molecule has 0 saturated carbocycles. The van der Waals surface area contributed by atoms with Crippen molar-refractivity contribution in [1.29, 1.82) is 0 Å². The Balaban J connectivity index is 1.80. The Bertz CT molecular complexity index is 381. The van der Waals surface area contributed by atoms with E-state index in [-0.39, 0.29) is 6.04 Å². The average molecular weight is 248 g/mol. The number of nitrogens with zero attached hydrogens (tertiary/aromatic N) is 1. The molecule has 18 heavy (non-hydrogen) atoms. The van der Waals surface area contributed by atoms with Gasteiger partial charge in [-0.15, -0.1) is 0 Å². The van der Waals surface area contributed by atoms with Gasteiger partial charge < -0.3 is 15.4 Å². The van der Waals surface area contributed by atoms with Crippen molar-refractivity contribution < 1.29 is 4.74 Å². The van der Waals surface area contributed by atoms with E-state index in [2.05, 4.69) is 30.9 Å². The van der Waals surface area contributed by atoms with Gasteiger partial charge in [0, 0.05) is 12.6 Å². The van der Waals surface area contributed by atoms with Crippen LogP contribution in [0.3, 0.4) is 0 Å². The minimum atomic E-state index is 0.141. The summed E-state index contributed by atoms with van der Waals surface area (Å²) in [6, 6.07) is 8.28. The molecule has 1 heterocycles. The largest absolute Gasteiger partial charge is 0.492 e. The van der Waals surface area contributed by atoms with Gasteiger partial charge in [-0.3, -0.25) is 0 Å². The molecule has 0 bridgehead atoms. The molecule has 0 aromatic heterocycles. The van der Waals surface area contributed by atoms with Crippen LogP contribution in [-0.4, -0.2) is 37.2 Å². The van der Waals surface area contributed by atoms with Gasteiger partial charge >= 0.3 is 0 Å². The fourth-order valence-electron chi connectivity index (χ4n) is 2.53. The zero-order valence-electron chi connectivity index (χ0n) is 11.4.